The Morgan fingerprint density at radius 1 is 1.35 bits per heavy atom. The van der Waals surface area contributed by atoms with E-state index in [4.69, 9.17) is 5.26 Å². The zero-order valence-corrected chi connectivity index (χ0v) is 20.5. The van der Waals surface area contributed by atoms with Crippen molar-refractivity contribution in [1.29, 1.82) is 5.26 Å². The molecule has 1 aliphatic rings. The van der Waals surface area contributed by atoms with Crippen molar-refractivity contribution >= 4 is 28.3 Å². The van der Waals surface area contributed by atoms with E-state index in [0.717, 1.165) is 55.0 Å². The third-order valence-corrected chi connectivity index (χ3v) is 6.93. The molecule has 1 atom stereocenters. The van der Waals surface area contributed by atoms with Crippen LogP contribution in [0.4, 0.5) is 11.1 Å². The van der Waals surface area contributed by atoms with Crippen LogP contribution in [0.1, 0.15) is 51.9 Å². The Labute approximate surface area is 203 Å². The summed E-state index contributed by atoms with van der Waals surface area (Å²) in [5.74, 6) is 0.520. The summed E-state index contributed by atoms with van der Waals surface area (Å²) in [5, 5.41) is 21.7. The van der Waals surface area contributed by atoms with Gasteiger partial charge in [-0.15, -0.1) is 11.3 Å². The number of rotatable bonds is 8. The van der Waals surface area contributed by atoms with Crippen LogP contribution in [0.3, 0.4) is 0 Å². The van der Waals surface area contributed by atoms with Gasteiger partial charge in [-0.2, -0.15) is 10.4 Å². The number of hydrogen-bond acceptors (Lipinski definition) is 9. The van der Waals surface area contributed by atoms with Gasteiger partial charge in [-0.1, -0.05) is 0 Å². The average Bonchev–Trinajstić information content (AvgIpc) is 3.39. The highest BCUT2D eigenvalue weighted by atomic mass is 32.1. The molecule has 1 amide bonds. The predicted molar refractivity (Wildman–Crippen MR) is 130 cm³/mol. The van der Waals surface area contributed by atoms with Crippen LogP contribution in [0.25, 0.3) is 0 Å². The van der Waals surface area contributed by atoms with Gasteiger partial charge in [0.05, 0.1) is 24.0 Å². The third-order valence-electron chi connectivity index (χ3n) is 6.17. The highest BCUT2D eigenvalue weighted by Gasteiger charge is 2.22. The minimum atomic E-state index is -0.210. The number of hydrogen-bond donors (Lipinski definition) is 2. The monoisotopic (exact) mass is 479 g/mol. The lowest BCUT2D eigenvalue weighted by molar-refractivity contribution is 0.0950. The van der Waals surface area contributed by atoms with Gasteiger partial charge >= 0.3 is 0 Å². The topological polar surface area (TPSA) is 125 Å². The molecule has 0 bridgehead atoms. The number of thiazole rings is 1. The van der Waals surface area contributed by atoms with Crippen LogP contribution >= 0.6 is 11.3 Å². The molecule has 4 heterocycles. The number of aromatic nitrogens is 5. The van der Waals surface area contributed by atoms with Gasteiger partial charge in [0.2, 0.25) is 5.95 Å². The Hall–Kier alpha value is -3.36. The highest BCUT2D eigenvalue weighted by Crippen LogP contribution is 2.26. The number of amides is 1. The molecule has 1 fully saturated rings. The molecule has 3 aromatic rings. The van der Waals surface area contributed by atoms with Crippen molar-refractivity contribution in [2.45, 2.75) is 39.0 Å². The van der Waals surface area contributed by atoms with Crippen molar-refractivity contribution < 1.29 is 4.79 Å². The van der Waals surface area contributed by atoms with Crippen molar-refractivity contribution in [3.8, 4) is 6.07 Å². The molecule has 1 aliphatic heterocycles. The van der Waals surface area contributed by atoms with Crippen molar-refractivity contribution in [3.63, 3.8) is 0 Å². The maximum atomic E-state index is 12.5. The maximum absolute atomic E-state index is 12.5. The number of carbonyl (C=O) groups excluding carboxylic acids is 1. The SMILES string of the molecule is Cc1nn(C)c(C)c1CCNC(=O)c1csc(Nc2nccc([C@H]3CCCN(CC#N)C3)n2)n1. The summed E-state index contributed by atoms with van der Waals surface area (Å²) >= 11 is 1.34. The fraction of sp³-hybridized carbons (Fsp3) is 0.478. The Morgan fingerprint density at radius 2 is 2.21 bits per heavy atom. The molecule has 10 nitrogen and oxygen atoms in total. The van der Waals surface area contributed by atoms with E-state index < -0.39 is 0 Å². The van der Waals surface area contributed by atoms with Gasteiger partial charge < -0.3 is 10.6 Å². The lowest BCUT2D eigenvalue weighted by Crippen LogP contribution is -2.34. The summed E-state index contributed by atoms with van der Waals surface area (Å²) in [4.78, 5) is 28.1. The fourth-order valence-corrected chi connectivity index (χ4v) is 4.99. The highest BCUT2D eigenvalue weighted by molar-refractivity contribution is 7.14. The second-order valence-corrected chi connectivity index (χ2v) is 9.34. The molecule has 0 spiro atoms. The van der Waals surface area contributed by atoms with E-state index in [9.17, 15) is 4.79 Å². The smallest absolute Gasteiger partial charge is 0.270 e. The molecule has 2 N–H and O–H groups in total. The number of nitrogens with zero attached hydrogens (tertiary/aromatic N) is 7. The Balaban J connectivity index is 1.33. The van der Waals surface area contributed by atoms with Crippen LogP contribution in [0, 0.1) is 25.2 Å². The molecule has 1 saturated heterocycles. The Bertz CT molecular complexity index is 1200. The Kier molecular flexibility index (Phi) is 7.49. The second kappa shape index (κ2) is 10.7. The quantitative estimate of drug-likeness (QED) is 0.473. The first kappa shape index (κ1) is 23.8. The zero-order chi connectivity index (χ0) is 24.1. The van der Waals surface area contributed by atoms with E-state index in [1.54, 1.807) is 11.6 Å². The number of likely N-dealkylation sites (tertiary alicyclic amines) is 1. The summed E-state index contributed by atoms with van der Waals surface area (Å²) in [5.41, 5.74) is 4.58. The van der Waals surface area contributed by atoms with E-state index in [1.807, 2.05) is 31.6 Å². The summed E-state index contributed by atoms with van der Waals surface area (Å²) in [6.45, 7) is 6.74. The van der Waals surface area contributed by atoms with Crippen LogP contribution in [0.2, 0.25) is 0 Å². The van der Waals surface area contributed by atoms with Crippen molar-refractivity contribution in [1.82, 2.24) is 34.9 Å². The van der Waals surface area contributed by atoms with Crippen LogP contribution in [-0.2, 0) is 13.5 Å². The van der Waals surface area contributed by atoms with Gasteiger partial charge in [0.1, 0.15) is 5.69 Å². The summed E-state index contributed by atoms with van der Waals surface area (Å²) in [6, 6.07) is 4.16. The largest absolute Gasteiger partial charge is 0.350 e. The molecule has 0 radical (unpaired) electrons. The third kappa shape index (κ3) is 5.58. The van der Waals surface area contributed by atoms with Gasteiger partial charge in [-0.25, -0.2) is 15.0 Å². The van der Waals surface area contributed by atoms with Gasteiger partial charge in [0.15, 0.2) is 5.13 Å². The van der Waals surface area contributed by atoms with E-state index >= 15 is 0 Å². The number of aryl methyl sites for hydroxylation is 2. The second-order valence-electron chi connectivity index (χ2n) is 8.48. The molecular formula is C23H29N9OS. The minimum Gasteiger partial charge on any atom is -0.350 e. The normalized spacial score (nSPS) is 16.2. The molecule has 178 valence electrons. The molecule has 0 aromatic carbocycles. The molecule has 4 rings (SSSR count). The number of carbonyl (C=O) groups is 1. The van der Waals surface area contributed by atoms with E-state index in [-0.39, 0.29) is 11.8 Å². The fourth-order valence-electron chi connectivity index (χ4n) is 4.30. The van der Waals surface area contributed by atoms with Gasteiger partial charge in [0.25, 0.3) is 5.91 Å². The lowest BCUT2D eigenvalue weighted by Gasteiger charge is -2.30. The van der Waals surface area contributed by atoms with Crippen LogP contribution in [-0.4, -0.2) is 61.7 Å². The number of piperidine rings is 1. The first-order valence-electron chi connectivity index (χ1n) is 11.4. The van der Waals surface area contributed by atoms with Gasteiger partial charge in [-0.3, -0.25) is 14.4 Å². The van der Waals surface area contributed by atoms with E-state index in [1.165, 1.54) is 11.3 Å². The lowest BCUT2D eigenvalue weighted by atomic mass is 9.94. The predicted octanol–water partition coefficient (Wildman–Crippen LogP) is 2.70. The van der Waals surface area contributed by atoms with Crippen molar-refractivity contribution in [3.05, 3.63) is 46.0 Å². The summed E-state index contributed by atoms with van der Waals surface area (Å²) in [6.07, 6.45) is 4.54. The average molecular weight is 480 g/mol. The van der Waals surface area contributed by atoms with E-state index in [2.05, 4.69) is 41.7 Å². The minimum absolute atomic E-state index is 0.210. The van der Waals surface area contributed by atoms with E-state index in [0.29, 0.717) is 29.9 Å². The molecule has 0 aliphatic carbocycles. The zero-order valence-electron chi connectivity index (χ0n) is 19.7. The molecule has 0 saturated carbocycles. The first-order valence-corrected chi connectivity index (χ1v) is 12.2. The Morgan fingerprint density at radius 3 is 2.97 bits per heavy atom. The maximum Gasteiger partial charge on any atom is 0.270 e. The first-order chi connectivity index (χ1) is 16.4. The standard InChI is InChI=1S/C23H29N9OS/c1-15-18(16(2)31(3)30-15)6-9-25-21(33)20-14-34-23(28-20)29-22-26-10-7-19(27-22)17-5-4-11-32(13-17)12-8-24/h7,10,14,17H,4-6,9,11-13H2,1-3H3,(H,25,33)(H,26,27,28,29)/t17-/m0/s1. The molecule has 34 heavy (non-hydrogen) atoms. The van der Waals surface area contributed by atoms with Gasteiger partial charge in [-0.05, 0) is 51.3 Å². The van der Waals surface area contributed by atoms with Crippen LogP contribution in [0.5, 0.6) is 0 Å². The molecule has 3 aromatic heterocycles. The van der Waals surface area contributed by atoms with Crippen LogP contribution < -0.4 is 10.6 Å². The van der Waals surface area contributed by atoms with Crippen molar-refractivity contribution in [2.24, 2.45) is 7.05 Å². The summed E-state index contributed by atoms with van der Waals surface area (Å²) in [7, 11) is 1.92. The molecular weight excluding hydrogens is 450 g/mol. The molecule has 0 unspecified atom stereocenters. The number of anilines is 2. The van der Waals surface area contributed by atoms with Gasteiger partial charge in [0, 0.05) is 43.3 Å². The molecule has 11 heteroatoms. The summed E-state index contributed by atoms with van der Waals surface area (Å²) < 4.78 is 1.86. The van der Waals surface area contributed by atoms with Crippen molar-refractivity contribution in [2.75, 3.05) is 31.5 Å². The number of nitriles is 1. The van der Waals surface area contributed by atoms with Crippen LogP contribution in [0.15, 0.2) is 17.6 Å². The number of nitrogens with one attached hydrogen (secondary N) is 2.